The van der Waals surface area contributed by atoms with E-state index in [0.717, 1.165) is 0 Å². The van der Waals surface area contributed by atoms with Crippen LogP contribution in [0.3, 0.4) is 0 Å². The Morgan fingerprint density at radius 3 is 3.07 bits per heavy atom. The summed E-state index contributed by atoms with van der Waals surface area (Å²) in [6.07, 6.45) is 1.49. The van der Waals surface area contributed by atoms with E-state index in [9.17, 15) is 4.79 Å². The minimum Gasteiger partial charge on any atom is -0.463 e. The van der Waals surface area contributed by atoms with Crippen LogP contribution in [0.5, 0.6) is 0 Å². The van der Waals surface area contributed by atoms with Crippen LogP contribution in [0.4, 0.5) is 0 Å². The van der Waals surface area contributed by atoms with Crippen LogP contribution in [0.1, 0.15) is 5.56 Å². The molecule has 68 valence electrons. The normalized spacial score (nSPS) is 9.64. The standard InChI is InChI=1S/C9H5N3O2/c10-5-6-4-7(11-12-9(6)13)8-2-1-3-14-8/h1-4H,(H,12,13). The Hall–Kier alpha value is -2.35. The molecule has 0 bridgehead atoms. The van der Waals surface area contributed by atoms with Crippen LogP contribution < -0.4 is 5.56 Å². The van der Waals surface area contributed by atoms with Gasteiger partial charge in [0.25, 0.3) is 5.56 Å². The van der Waals surface area contributed by atoms with E-state index in [1.54, 1.807) is 18.2 Å². The van der Waals surface area contributed by atoms with Gasteiger partial charge in [0.15, 0.2) is 5.76 Å². The molecule has 0 aliphatic heterocycles. The first kappa shape index (κ1) is 8.26. The van der Waals surface area contributed by atoms with Crippen molar-refractivity contribution in [3.63, 3.8) is 0 Å². The van der Waals surface area contributed by atoms with E-state index in [4.69, 9.17) is 9.68 Å². The van der Waals surface area contributed by atoms with E-state index in [2.05, 4.69) is 10.2 Å². The smallest absolute Gasteiger partial charge is 0.282 e. The third kappa shape index (κ3) is 1.29. The van der Waals surface area contributed by atoms with Crippen molar-refractivity contribution < 1.29 is 4.42 Å². The van der Waals surface area contributed by atoms with Crippen LogP contribution in [0, 0.1) is 11.3 Å². The average Bonchev–Trinajstić information content (AvgIpc) is 2.71. The minimum atomic E-state index is -0.497. The number of H-pyrrole nitrogens is 1. The highest BCUT2D eigenvalue weighted by atomic mass is 16.3. The molecule has 0 aliphatic rings. The molecular weight excluding hydrogens is 182 g/mol. The van der Waals surface area contributed by atoms with Gasteiger partial charge in [-0.2, -0.15) is 10.4 Å². The summed E-state index contributed by atoms with van der Waals surface area (Å²) >= 11 is 0. The molecule has 0 aromatic carbocycles. The largest absolute Gasteiger partial charge is 0.463 e. The van der Waals surface area contributed by atoms with Crippen molar-refractivity contribution in [3.8, 4) is 17.5 Å². The zero-order valence-electron chi connectivity index (χ0n) is 7.02. The number of rotatable bonds is 1. The Labute approximate surface area is 78.6 Å². The molecule has 5 nitrogen and oxygen atoms in total. The summed E-state index contributed by atoms with van der Waals surface area (Å²) in [4.78, 5) is 11.0. The topological polar surface area (TPSA) is 82.7 Å². The van der Waals surface area contributed by atoms with Crippen molar-refractivity contribution in [3.05, 3.63) is 40.4 Å². The number of nitrogens with one attached hydrogen (secondary N) is 1. The van der Waals surface area contributed by atoms with E-state index >= 15 is 0 Å². The fourth-order valence-electron chi connectivity index (χ4n) is 1.04. The number of hydrogen-bond acceptors (Lipinski definition) is 4. The Balaban J connectivity index is 2.59. The third-order valence-corrected chi connectivity index (χ3v) is 1.70. The molecule has 1 N–H and O–H groups in total. The molecule has 0 fully saturated rings. The van der Waals surface area contributed by atoms with Gasteiger partial charge in [0.05, 0.1) is 6.26 Å². The van der Waals surface area contributed by atoms with Gasteiger partial charge in [-0.25, -0.2) is 5.10 Å². The lowest BCUT2D eigenvalue weighted by Gasteiger charge is -1.94. The lowest BCUT2D eigenvalue weighted by Crippen LogP contribution is -2.11. The van der Waals surface area contributed by atoms with Crippen molar-refractivity contribution >= 4 is 0 Å². The lowest BCUT2D eigenvalue weighted by molar-refractivity contribution is 0.578. The summed E-state index contributed by atoms with van der Waals surface area (Å²) < 4.78 is 5.06. The number of furan rings is 1. The fraction of sp³-hybridized carbons (Fsp3) is 0. The van der Waals surface area contributed by atoms with E-state index in [0.29, 0.717) is 11.5 Å². The van der Waals surface area contributed by atoms with Crippen LogP contribution in [-0.2, 0) is 0 Å². The van der Waals surface area contributed by atoms with Gasteiger partial charge in [0, 0.05) is 0 Å². The molecule has 0 atom stereocenters. The van der Waals surface area contributed by atoms with Gasteiger partial charge in [-0.3, -0.25) is 4.79 Å². The minimum absolute atomic E-state index is 0.0198. The molecule has 0 amide bonds. The van der Waals surface area contributed by atoms with Crippen LogP contribution >= 0.6 is 0 Å². The Kier molecular flexibility index (Phi) is 1.88. The molecule has 14 heavy (non-hydrogen) atoms. The first-order valence-corrected chi connectivity index (χ1v) is 3.85. The predicted molar refractivity (Wildman–Crippen MR) is 47.3 cm³/mol. The first-order chi connectivity index (χ1) is 6.81. The second-order valence-electron chi connectivity index (χ2n) is 2.59. The Morgan fingerprint density at radius 1 is 1.57 bits per heavy atom. The van der Waals surface area contributed by atoms with Gasteiger partial charge >= 0.3 is 0 Å². The summed E-state index contributed by atoms with van der Waals surface area (Å²) in [6.45, 7) is 0. The number of aromatic amines is 1. The summed E-state index contributed by atoms with van der Waals surface area (Å²) in [6, 6.07) is 6.56. The lowest BCUT2D eigenvalue weighted by atomic mass is 10.2. The second-order valence-corrected chi connectivity index (χ2v) is 2.59. The highest BCUT2D eigenvalue weighted by molar-refractivity contribution is 5.53. The summed E-state index contributed by atoms with van der Waals surface area (Å²) in [5.41, 5.74) is -0.0413. The van der Waals surface area contributed by atoms with Gasteiger partial charge < -0.3 is 4.42 Å². The molecule has 0 saturated carbocycles. The van der Waals surface area contributed by atoms with E-state index in [-0.39, 0.29) is 5.56 Å². The van der Waals surface area contributed by atoms with Gasteiger partial charge in [-0.15, -0.1) is 0 Å². The molecule has 2 aromatic rings. The number of hydrogen-bond donors (Lipinski definition) is 1. The SMILES string of the molecule is N#Cc1cc(-c2ccco2)n[nH]c1=O. The summed E-state index contributed by atoms with van der Waals surface area (Å²) in [5.74, 6) is 0.512. The van der Waals surface area contributed by atoms with E-state index < -0.39 is 5.56 Å². The number of nitrogens with zero attached hydrogens (tertiary/aromatic N) is 2. The maximum Gasteiger partial charge on any atom is 0.282 e. The highest BCUT2D eigenvalue weighted by Gasteiger charge is 2.05. The monoisotopic (exact) mass is 187 g/mol. The second kappa shape index (κ2) is 3.18. The molecule has 2 rings (SSSR count). The highest BCUT2D eigenvalue weighted by Crippen LogP contribution is 2.15. The van der Waals surface area contributed by atoms with Gasteiger partial charge in [-0.05, 0) is 18.2 Å². The van der Waals surface area contributed by atoms with Crippen LogP contribution in [0.25, 0.3) is 11.5 Å². The maximum absolute atomic E-state index is 11.0. The fourth-order valence-corrected chi connectivity index (χ4v) is 1.04. The van der Waals surface area contributed by atoms with Crippen LogP contribution in [0.2, 0.25) is 0 Å². The van der Waals surface area contributed by atoms with Crippen molar-refractivity contribution in [2.75, 3.05) is 0 Å². The zero-order chi connectivity index (χ0) is 9.97. The van der Waals surface area contributed by atoms with Crippen LogP contribution in [-0.4, -0.2) is 10.2 Å². The zero-order valence-corrected chi connectivity index (χ0v) is 7.02. The quantitative estimate of drug-likeness (QED) is 0.718. The van der Waals surface area contributed by atoms with Gasteiger partial charge in [0.1, 0.15) is 17.3 Å². The van der Waals surface area contributed by atoms with Gasteiger partial charge in [0.2, 0.25) is 0 Å². The van der Waals surface area contributed by atoms with Crippen molar-refractivity contribution in [2.24, 2.45) is 0 Å². The van der Waals surface area contributed by atoms with E-state index in [1.165, 1.54) is 12.3 Å². The molecule has 2 heterocycles. The number of nitriles is 1. The Morgan fingerprint density at radius 2 is 2.43 bits per heavy atom. The van der Waals surface area contributed by atoms with Crippen molar-refractivity contribution in [2.45, 2.75) is 0 Å². The molecular formula is C9H5N3O2. The third-order valence-electron chi connectivity index (χ3n) is 1.70. The molecule has 2 aromatic heterocycles. The molecule has 0 aliphatic carbocycles. The summed E-state index contributed by atoms with van der Waals surface area (Å²) in [5, 5.41) is 14.6. The maximum atomic E-state index is 11.0. The Bertz CT molecular complexity index is 534. The molecule has 0 unspecified atom stereocenters. The van der Waals surface area contributed by atoms with Gasteiger partial charge in [-0.1, -0.05) is 0 Å². The van der Waals surface area contributed by atoms with Crippen molar-refractivity contribution in [1.29, 1.82) is 5.26 Å². The molecule has 0 spiro atoms. The molecule has 0 saturated heterocycles. The molecule has 0 radical (unpaired) electrons. The average molecular weight is 187 g/mol. The van der Waals surface area contributed by atoms with Crippen LogP contribution in [0.15, 0.2) is 33.7 Å². The molecule has 5 heteroatoms. The predicted octanol–water partition coefficient (Wildman–Crippen LogP) is 0.902. The van der Waals surface area contributed by atoms with E-state index in [1.807, 2.05) is 0 Å². The first-order valence-electron chi connectivity index (χ1n) is 3.85. The number of aromatic nitrogens is 2. The summed E-state index contributed by atoms with van der Waals surface area (Å²) in [7, 11) is 0. The van der Waals surface area contributed by atoms with Crippen molar-refractivity contribution in [1.82, 2.24) is 10.2 Å².